The molecule has 2 aromatic rings. The van der Waals surface area contributed by atoms with E-state index in [0.717, 1.165) is 6.07 Å². The van der Waals surface area contributed by atoms with Gasteiger partial charge in [0, 0.05) is 16.1 Å². The maximum absolute atomic E-state index is 13.0. The van der Waals surface area contributed by atoms with Crippen LogP contribution in [0, 0.1) is 0 Å². The van der Waals surface area contributed by atoms with Gasteiger partial charge in [-0.2, -0.15) is 18.3 Å². The summed E-state index contributed by atoms with van der Waals surface area (Å²) in [6.45, 7) is 1.71. The van der Waals surface area contributed by atoms with Gasteiger partial charge >= 0.3 is 6.18 Å². The molecule has 1 aliphatic carbocycles. The fourth-order valence-corrected chi connectivity index (χ4v) is 3.12. The van der Waals surface area contributed by atoms with E-state index in [1.807, 2.05) is 0 Å². The molecule has 3 nitrogen and oxygen atoms in total. The van der Waals surface area contributed by atoms with Crippen LogP contribution in [-0.2, 0) is 6.18 Å². The molecule has 1 aliphatic rings. The van der Waals surface area contributed by atoms with Gasteiger partial charge in [-0.05, 0) is 31.9 Å². The van der Waals surface area contributed by atoms with Crippen molar-refractivity contribution in [2.45, 2.75) is 37.6 Å². The van der Waals surface area contributed by atoms with Crippen LogP contribution in [0.5, 0.6) is 0 Å². The molecule has 0 amide bonds. The highest BCUT2D eigenvalue weighted by Gasteiger charge is 2.40. The van der Waals surface area contributed by atoms with E-state index in [9.17, 15) is 18.3 Å². The third-order valence-electron chi connectivity index (χ3n) is 3.64. The van der Waals surface area contributed by atoms with Crippen LogP contribution in [0.3, 0.4) is 0 Å². The van der Waals surface area contributed by atoms with E-state index in [1.165, 1.54) is 10.9 Å². The van der Waals surface area contributed by atoms with Crippen LogP contribution in [0.1, 0.15) is 31.4 Å². The zero-order valence-corrected chi connectivity index (χ0v) is 12.2. The number of benzene rings is 1. The van der Waals surface area contributed by atoms with Crippen LogP contribution in [0.4, 0.5) is 13.2 Å². The summed E-state index contributed by atoms with van der Waals surface area (Å²) in [5.74, 6) is 0. The quantitative estimate of drug-likeness (QED) is 0.848. The fourth-order valence-electron chi connectivity index (χ4n) is 2.67. The minimum Gasteiger partial charge on any atom is -0.390 e. The summed E-state index contributed by atoms with van der Waals surface area (Å²) in [7, 11) is 0. The van der Waals surface area contributed by atoms with Crippen molar-refractivity contribution < 1.29 is 18.3 Å². The standard InChI is InChI=1S/C13H12BrF3N2O/c1-12(20)4-8(5-12)19-6-9-10(13(15,16)17)2-7(14)3-11(9)18-19/h2-3,6,8,20H,4-5H2,1H3. The van der Waals surface area contributed by atoms with Gasteiger partial charge in [0.15, 0.2) is 0 Å². The minimum atomic E-state index is -4.42. The Morgan fingerprint density at radius 1 is 1.40 bits per heavy atom. The molecule has 0 aliphatic heterocycles. The molecule has 1 aromatic carbocycles. The van der Waals surface area contributed by atoms with Crippen LogP contribution in [0.25, 0.3) is 10.9 Å². The number of aromatic nitrogens is 2. The summed E-state index contributed by atoms with van der Waals surface area (Å²) < 4.78 is 41.0. The summed E-state index contributed by atoms with van der Waals surface area (Å²) in [5.41, 5.74) is -1.13. The molecule has 20 heavy (non-hydrogen) atoms. The summed E-state index contributed by atoms with van der Waals surface area (Å²) in [6.07, 6.45) is -1.99. The maximum atomic E-state index is 13.0. The van der Waals surface area contributed by atoms with Gasteiger partial charge in [-0.3, -0.25) is 4.68 Å². The van der Waals surface area contributed by atoms with Crippen LogP contribution in [0.2, 0.25) is 0 Å². The number of hydrogen-bond acceptors (Lipinski definition) is 2. The summed E-state index contributed by atoms with van der Waals surface area (Å²) >= 11 is 3.08. The van der Waals surface area contributed by atoms with Crippen molar-refractivity contribution in [3.05, 3.63) is 28.4 Å². The van der Waals surface area contributed by atoms with Gasteiger partial charge in [0.1, 0.15) is 0 Å². The number of fused-ring (bicyclic) bond motifs is 1. The Morgan fingerprint density at radius 3 is 2.60 bits per heavy atom. The Kier molecular flexibility index (Phi) is 2.92. The molecule has 1 fully saturated rings. The zero-order chi connectivity index (χ0) is 14.7. The minimum absolute atomic E-state index is 0.0442. The highest BCUT2D eigenvalue weighted by atomic mass is 79.9. The third-order valence-corrected chi connectivity index (χ3v) is 4.10. The van der Waals surface area contributed by atoms with E-state index < -0.39 is 17.3 Å². The third kappa shape index (κ3) is 2.33. The predicted molar refractivity (Wildman–Crippen MR) is 71.3 cm³/mol. The van der Waals surface area contributed by atoms with Crippen molar-refractivity contribution >= 4 is 26.8 Å². The highest BCUT2D eigenvalue weighted by molar-refractivity contribution is 9.10. The first-order chi connectivity index (χ1) is 9.16. The molecule has 0 unspecified atom stereocenters. The van der Waals surface area contributed by atoms with Gasteiger partial charge in [-0.15, -0.1) is 0 Å². The Morgan fingerprint density at radius 2 is 2.05 bits per heavy atom. The van der Waals surface area contributed by atoms with Crippen molar-refractivity contribution in [3.63, 3.8) is 0 Å². The monoisotopic (exact) mass is 348 g/mol. The lowest BCUT2D eigenvalue weighted by Gasteiger charge is -2.40. The second kappa shape index (κ2) is 4.21. The first-order valence-electron chi connectivity index (χ1n) is 6.14. The zero-order valence-electron chi connectivity index (χ0n) is 10.6. The lowest BCUT2D eigenvalue weighted by molar-refractivity contribution is -0.136. The van der Waals surface area contributed by atoms with Crippen molar-refractivity contribution in [1.82, 2.24) is 9.78 Å². The molecule has 3 rings (SSSR count). The largest absolute Gasteiger partial charge is 0.417 e. The first-order valence-corrected chi connectivity index (χ1v) is 6.93. The van der Waals surface area contributed by atoms with E-state index in [1.54, 1.807) is 13.0 Å². The van der Waals surface area contributed by atoms with Crippen molar-refractivity contribution in [3.8, 4) is 0 Å². The van der Waals surface area contributed by atoms with E-state index in [2.05, 4.69) is 21.0 Å². The average Bonchev–Trinajstić information content (AvgIpc) is 2.66. The number of rotatable bonds is 1. The molecule has 1 heterocycles. The predicted octanol–water partition coefficient (Wildman–Crippen LogP) is 3.90. The van der Waals surface area contributed by atoms with Gasteiger partial charge in [0.2, 0.25) is 0 Å². The van der Waals surface area contributed by atoms with Gasteiger partial charge in [0.25, 0.3) is 0 Å². The fraction of sp³-hybridized carbons (Fsp3) is 0.462. The van der Waals surface area contributed by atoms with Crippen LogP contribution in [-0.4, -0.2) is 20.5 Å². The molecule has 1 saturated carbocycles. The SMILES string of the molecule is CC1(O)CC(n2cc3c(C(F)(F)F)cc(Br)cc3n2)C1. The van der Waals surface area contributed by atoms with Crippen LogP contribution in [0.15, 0.2) is 22.8 Å². The maximum Gasteiger partial charge on any atom is 0.417 e. The second-order valence-electron chi connectivity index (χ2n) is 5.55. The Hall–Kier alpha value is -1.08. The topological polar surface area (TPSA) is 38.0 Å². The molecule has 0 radical (unpaired) electrons. The van der Waals surface area contributed by atoms with Gasteiger partial charge in [0.05, 0.1) is 22.7 Å². The molecule has 0 spiro atoms. The molecule has 108 valence electrons. The average molecular weight is 349 g/mol. The number of hydrogen-bond donors (Lipinski definition) is 1. The summed E-state index contributed by atoms with van der Waals surface area (Å²) in [5, 5.41) is 14.0. The van der Waals surface area contributed by atoms with Gasteiger partial charge in [-0.1, -0.05) is 15.9 Å². The molecular formula is C13H12BrF3N2O. The lowest BCUT2D eigenvalue weighted by atomic mass is 9.77. The first kappa shape index (κ1) is 13.9. The molecule has 7 heteroatoms. The number of halogens is 4. The number of nitrogens with zero attached hydrogens (tertiary/aromatic N) is 2. The molecule has 0 bridgehead atoms. The molecule has 0 atom stereocenters. The molecular weight excluding hydrogens is 337 g/mol. The molecule has 0 saturated heterocycles. The number of alkyl halides is 3. The van der Waals surface area contributed by atoms with E-state index in [4.69, 9.17) is 0 Å². The van der Waals surface area contributed by atoms with E-state index in [-0.39, 0.29) is 11.4 Å². The van der Waals surface area contributed by atoms with E-state index >= 15 is 0 Å². The summed E-state index contributed by atoms with van der Waals surface area (Å²) in [4.78, 5) is 0. The molecule has 1 aromatic heterocycles. The Labute approximate surface area is 121 Å². The van der Waals surface area contributed by atoms with E-state index in [0.29, 0.717) is 22.8 Å². The second-order valence-corrected chi connectivity index (χ2v) is 6.47. The lowest BCUT2D eigenvalue weighted by Crippen LogP contribution is -2.42. The smallest absolute Gasteiger partial charge is 0.390 e. The number of aliphatic hydroxyl groups is 1. The van der Waals surface area contributed by atoms with Crippen molar-refractivity contribution in [1.29, 1.82) is 0 Å². The highest BCUT2D eigenvalue weighted by Crippen LogP contribution is 2.42. The Balaban J connectivity index is 2.07. The van der Waals surface area contributed by atoms with Gasteiger partial charge in [-0.25, -0.2) is 0 Å². The van der Waals surface area contributed by atoms with Crippen molar-refractivity contribution in [2.75, 3.05) is 0 Å². The molecule has 1 N–H and O–H groups in total. The van der Waals surface area contributed by atoms with Crippen LogP contribution < -0.4 is 0 Å². The normalized spacial score (nSPS) is 26.8. The summed E-state index contributed by atoms with van der Waals surface area (Å²) in [6, 6.07) is 2.58. The van der Waals surface area contributed by atoms with Gasteiger partial charge < -0.3 is 5.11 Å². The van der Waals surface area contributed by atoms with Crippen molar-refractivity contribution in [2.24, 2.45) is 0 Å². The van der Waals surface area contributed by atoms with Crippen LogP contribution >= 0.6 is 15.9 Å². The Bertz CT molecular complexity index is 670.